The fraction of sp³-hybridized carbons (Fsp3) is 0.182. The number of hydrogen-bond acceptors (Lipinski definition) is 11. The van der Waals surface area contributed by atoms with Crippen LogP contribution in [0.5, 0.6) is 11.5 Å². The first-order valence-electron chi connectivity index (χ1n) is 10.2. The van der Waals surface area contributed by atoms with E-state index in [4.69, 9.17) is 8.92 Å². The van der Waals surface area contributed by atoms with E-state index in [1.54, 1.807) is 18.2 Å². The molecule has 0 unspecified atom stereocenters. The number of sulfone groups is 1. The predicted molar refractivity (Wildman–Crippen MR) is 132 cm³/mol. The maximum Gasteiger partial charge on any atom is 0.339 e. The molecule has 1 N–H and O–H groups in total. The maximum atomic E-state index is 12.6. The molecule has 0 atom stereocenters. The summed E-state index contributed by atoms with van der Waals surface area (Å²) in [6, 6.07) is 12.0. The number of nitrogens with one attached hydrogen (secondary N) is 1. The lowest BCUT2D eigenvalue weighted by atomic mass is 10.1. The zero-order valence-corrected chi connectivity index (χ0v) is 21.7. The van der Waals surface area contributed by atoms with Gasteiger partial charge in [-0.15, -0.1) is 0 Å². The van der Waals surface area contributed by atoms with Crippen LogP contribution in [0.25, 0.3) is 6.08 Å². The van der Waals surface area contributed by atoms with Gasteiger partial charge in [0.1, 0.15) is 16.5 Å². The molecule has 36 heavy (non-hydrogen) atoms. The average Bonchev–Trinajstić information content (AvgIpc) is 3.32. The molecule has 3 aromatic rings. The number of anilines is 1. The molecule has 2 aromatic carbocycles. The smallest absolute Gasteiger partial charge is 0.339 e. The Morgan fingerprint density at radius 2 is 1.83 bits per heavy atom. The Labute approximate surface area is 212 Å². The molecule has 0 radical (unpaired) electrons. The largest absolute Gasteiger partial charge is 0.493 e. The van der Waals surface area contributed by atoms with Crippen molar-refractivity contribution >= 4 is 48.6 Å². The van der Waals surface area contributed by atoms with Gasteiger partial charge in [-0.2, -0.15) is 23.0 Å². The highest BCUT2D eigenvalue weighted by atomic mass is 32.2. The number of benzene rings is 2. The van der Waals surface area contributed by atoms with E-state index in [1.807, 2.05) is 6.92 Å². The van der Waals surface area contributed by atoms with Crippen molar-refractivity contribution in [2.45, 2.75) is 23.9 Å². The monoisotopic (exact) mass is 548 g/mol. The Bertz CT molecular complexity index is 1570. The zero-order chi connectivity index (χ0) is 26.5. The third-order valence-corrected chi connectivity index (χ3v) is 8.15. The van der Waals surface area contributed by atoms with Crippen molar-refractivity contribution in [1.29, 1.82) is 5.26 Å². The molecule has 0 saturated carbocycles. The van der Waals surface area contributed by atoms with Crippen molar-refractivity contribution in [3.8, 4) is 17.6 Å². The summed E-state index contributed by atoms with van der Waals surface area (Å²) in [7, 11) is -6.46. The first kappa shape index (κ1) is 26.8. The summed E-state index contributed by atoms with van der Waals surface area (Å²) in [6.07, 6.45) is 1.24. The number of carbonyl (C=O) groups excluding carboxylic acids is 1. The van der Waals surface area contributed by atoms with Crippen molar-refractivity contribution < 1.29 is 30.6 Å². The Hall–Kier alpha value is -3.80. The fourth-order valence-electron chi connectivity index (χ4n) is 2.71. The van der Waals surface area contributed by atoms with Gasteiger partial charge in [0.15, 0.2) is 11.5 Å². The first-order valence-corrected chi connectivity index (χ1v) is 14.0. The van der Waals surface area contributed by atoms with Crippen LogP contribution in [0.3, 0.4) is 0 Å². The Kier molecular flexibility index (Phi) is 8.08. The van der Waals surface area contributed by atoms with E-state index in [-0.39, 0.29) is 32.9 Å². The SMILES string of the molecule is CCS(=O)(=O)c1nsc(NC(=O)/C(C#N)=C\c2ccc(OS(=O)(=O)c3ccc(C)cc3)c(OC)c2)n1. The first-order chi connectivity index (χ1) is 17.0. The van der Waals surface area contributed by atoms with Gasteiger partial charge in [0.2, 0.25) is 15.0 Å². The van der Waals surface area contributed by atoms with Crippen molar-refractivity contribution in [2.75, 3.05) is 18.2 Å². The number of nitrogens with zero attached hydrogens (tertiary/aromatic N) is 3. The van der Waals surface area contributed by atoms with Gasteiger partial charge in [-0.05, 0) is 42.8 Å². The van der Waals surface area contributed by atoms with Crippen LogP contribution in [0.1, 0.15) is 18.1 Å². The van der Waals surface area contributed by atoms with E-state index >= 15 is 0 Å². The predicted octanol–water partition coefficient (Wildman–Crippen LogP) is 2.96. The number of rotatable bonds is 9. The van der Waals surface area contributed by atoms with Crippen molar-refractivity contribution in [2.24, 2.45) is 0 Å². The van der Waals surface area contributed by atoms with Crippen LogP contribution in [0.4, 0.5) is 5.13 Å². The summed E-state index contributed by atoms with van der Waals surface area (Å²) in [6.45, 7) is 3.26. The number of aryl methyl sites for hydroxylation is 1. The van der Waals surface area contributed by atoms with Crippen molar-refractivity contribution in [1.82, 2.24) is 9.36 Å². The molecule has 0 fully saturated rings. The molecular formula is C22H20N4O7S3. The Morgan fingerprint density at radius 3 is 2.44 bits per heavy atom. The van der Waals surface area contributed by atoms with Crippen molar-refractivity contribution in [3.05, 3.63) is 59.2 Å². The Balaban J connectivity index is 1.82. The molecule has 0 saturated heterocycles. The lowest BCUT2D eigenvalue weighted by Crippen LogP contribution is -2.14. The number of nitriles is 1. The molecule has 0 aliphatic heterocycles. The van der Waals surface area contributed by atoms with E-state index < -0.39 is 31.0 Å². The van der Waals surface area contributed by atoms with Crippen LogP contribution >= 0.6 is 11.5 Å². The van der Waals surface area contributed by atoms with E-state index in [2.05, 4.69) is 14.7 Å². The normalized spacial score (nSPS) is 12.0. The quantitative estimate of drug-likeness (QED) is 0.239. The standard InChI is InChI=1S/C22H20N4O7S3/c1-4-35(28,29)22-25-21(34-26-22)24-20(27)16(13-23)11-15-7-10-18(19(12-15)32-3)33-36(30,31)17-8-5-14(2)6-9-17/h5-12H,4H2,1-3H3,(H,24,25,26,27)/b16-11-. The van der Waals surface area contributed by atoms with Crippen LogP contribution in [-0.4, -0.2) is 45.0 Å². The topological polar surface area (TPSA) is 165 Å². The molecule has 0 bridgehead atoms. The van der Waals surface area contributed by atoms with E-state index in [1.165, 1.54) is 50.4 Å². The number of aromatic nitrogens is 2. The second kappa shape index (κ2) is 10.9. The third-order valence-electron chi connectivity index (χ3n) is 4.66. The molecule has 188 valence electrons. The van der Waals surface area contributed by atoms with Gasteiger partial charge in [-0.1, -0.05) is 30.7 Å². The van der Waals surface area contributed by atoms with Crippen LogP contribution in [0.2, 0.25) is 0 Å². The van der Waals surface area contributed by atoms with E-state index in [9.17, 15) is 26.9 Å². The molecule has 1 aromatic heterocycles. The van der Waals surface area contributed by atoms with Gasteiger partial charge in [0, 0.05) is 11.5 Å². The van der Waals surface area contributed by atoms with Crippen LogP contribution in [0.15, 0.2) is 58.1 Å². The number of amides is 1. The molecule has 1 amide bonds. The van der Waals surface area contributed by atoms with Gasteiger partial charge in [-0.3, -0.25) is 10.1 Å². The molecule has 0 spiro atoms. The van der Waals surface area contributed by atoms with Crippen molar-refractivity contribution in [3.63, 3.8) is 0 Å². The molecule has 0 aliphatic carbocycles. The van der Waals surface area contributed by atoms with Gasteiger partial charge in [-0.25, -0.2) is 8.42 Å². The van der Waals surface area contributed by atoms with Gasteiger partial charge >= 0.3 is 10.1 Å². The second-order valence-corrected chi connectivity index (χ2v) is 11.6. The van der Waals surface area contributed by atoms with Crippen LogP contribution in [0, 0.1) is 18.3 Å². The van der Waals surface area contributed by atoms with Gasteiger partial charge in [0.25, 0.3) is 11.1 Å². The summed E-state index contributed by atoms with van der Waals surface area (Å²) in [4.78, 5) is 16.3. The Morgan fingerprint density at radius 1 is 1.14 bits per heavy atom. The molecule has 3 rings (SSSR count). The van der Waals surface area contributed by atoms with Crippen LogP contribution in [-0.2, 0) is 24.7 Å². The number of ether oxygens (including phenoxy) is 1. The molecule has 0 aliphatic rings. The summed E-state index contributed by atoms with van der Waals surface area (Å²) in [5, 5.41) is 11.3. The van der Waals surface area contributed by atoms with E-state index in [0.717, 1.165) is 5.56 Å². The highest BCUT2D eigenvalue weighted by Crippen LogP contribution is 2.31. The number of hydrogen-bond donors (Lipinski definition) is 1. The molecule has 11 nitrogen and oxygen atoms in total. The summed E-state index contributed by atoms with van der Waals surface area (Å²) in [5.41, 5.74) is 0.899. The lowest BCUT2D eigenvalue weighted by Gasteiger charge is -2.11. The number of carbonyl (C=O) groups is 1. The van der Waals surface area contributed by atoms with E-state index in [0.29, 0.717) is 17.1 Å². The average molecular weight is 549 g/mol. The minimum absolute atomic E-state index is 0.0332. The fourth-order valence-corrected chi connectivity index (χ4v) is 5.23. The molecule has 1 heterocycles. The molecule has 14 heteroatoms. The summed E-state index contributed by atoms with van der Waals surface area (Å²) < 4.78 is 63.1. The zero-order valence-electron chi connectivity index (χ0n) is 19.3. The maximum absolute atomic E-state index is 12.6. The highest BCUT2D eigenvalue weighted by Gasteiger charge is 2.21. The van der Waals surface area contributed by atoms with Gasteiger partial charge < -0.3 is 8.92 Å². The minimum Gasteiger partial charge on any atom is -0.493 e. The van der Waals surface area contributed by atoms with Crippen LogP contribution < -0.4 is 14.2 Å². The minimum atomic E-state index is -4.13. The second-order valence-electron chi connectivity index (χ2n) is 7.17. The molecular weight excluding hydrogens is 528 g/mol. The summed E-state index contributed by atoms with van der Waals surface area (Å²) >= 11 is 0.664. The van der Waals surface area contributed by atoms with Gasteiger partial charge in [0.05, 0.1) is 12.9 Å². The third kappa shape index (κ3) is 6.25. The highest BCUT2D eigenvalue weighted by molar-refractivity contribution is 7.91. The summed E-state index contributed by atoms with van der Waals surface area (Å²) in [5.74, 6) is -1.07. The number of methoxy groups -OCH3 is 1. The lowest BCUT2D eigenvalue weighted by molar-refractivity contribution is -0.112.